The molecule has 0 fully saturated rings. The maximum absolute atomic E-state index is 3.58. The highest BCUT2D eigenvalue weighted by Gasteiger charge is 2.06. The standard InChI is InChI=1S/C10H23NS2/c1-5-7-12-9(3)11-10(4)13-8-6-2/h9-11H,5-8H2,1-4H3. The highest BCUT2D eigenvalue weighted by atomic mass is 32.2. The minimum absolute atomic E-state index is 0.597. The van der Waals surface area contributed by atoms with E-state index in [1.807, 2.05) is 23.5 Å². The molecule has 1 nitrogen and oxygen atoms in total. The molecule has 0 rings (SSSR count). The molecule has 0 aromatic carbocycles. The van der Waals surface area contributed by atoms with E-state index in [-0.39, 0.29) is 0 Å². The quantitative estimate of drug-likeness (QED) is 0.630. The minimum atomic E-state index is 0.597. The lowest BCUT2D eigenvalue weighted by atomic mass is 10.6. The van der Waals surface area contributed by atoms with Crippen LogP contribution in [0.1, 0.15) is 40.5 Å². The van der Waals surface area contributed by atoms with Gasteiger partial charge in [0.1, 0.15) is 0 Å². The van der Waals surface area contributed by atoms with Gasteiger partial charge in [-0.15, -0.1) is 23.5 Å². The van der Waals surface area contributed by atoms with Gasteiger partial charge in [0.15, 0.2) is 0 Å². The maximum atomic E-state index is 3.58. The lowest BCUT2D eigenvalue weighted by molar-refractivity contribution is 0.681. The maximum Gasteiger partial charge on any atom is 0.0511 e. The molecule has 0 amide bonds. The lowest BCUT2D eigenvalue weighted by Gasteiger charge is -2.18. The summed E-state index contributed by atoms with van der Waals surface area (Å²) in [7, 11) is 0. The molecule has 2 unspecified atom stereocenters. The summed E-state index contributed by atoms with van der Waals surface area (Å²) < 4.78 is 0. The fourth-order valence-corrected chi connectivity index (χ4v) is 2.88. The molecule has 0 saturated heterocycles. The van der Waals surface area contributed by atoms with Gasteiger partial charge in [-0.05, 0) is 38.2 Å². The third-order valence-electron chi connectivity index (χ3n) is 1.61. The molecule has 0 heterocycles. The molecule has 3 heteroatoms. The summed E-state index contributed by atoms with van der Waals surface area (Å²) in [5.41, 5.74) is 0. The van der Waals surface area contributed by atoms with Gasteiger partial charge in [-0.2, -0.15) is 0 Å². The Hall–Kier alpha value is 0.660. The molecule has 0 saturated carbocycles. The topological polar surface area (TPSA) is 12.0 Å². The van der Waals surface area contributed by atoms with Crippen molar-refractivity contribution in [3.63, 3.8) is 0 Å². The summed E-state index contributed by atoms with van der Waals surface area (Å²) in [6, 6.07) is 0. The second-order valence-electron chi connectivity index (χ2n) is 3.19. The lowest BCUT2D eigenvalue weighted by Crippen LogP contribution is -2.30. The Morgan fingerprint density at radius 3 is 1.62 bits per heavy atom. The van der Waals surface area contributed by atoms with E-state index >= 15 is 0 Å². The second kappa shape index (κ2) is 9.22. The van der Waals surface area contributed by atoms with E-state index < -0.39 is 0 Å². The van der Waals surface area contributed by atoms with Gasteiger partial charge in [0.05, 0.1) is 10.7 Å². The summed E-state index contributed by atoms with van der Waals surface area (Å²) in [5, 5.41) is 4.77. The van der Waals surface area contributed by atoms with Gasteiger partial charge in [0.25, 0.3) is 0 Å². The third-order valence-corrected chi connectivity index (χ3v) is 4.17. The van der Waals surface area contributed by atoms with Crippen LogP contribution in [-0.2, 0) is 0 Å². The zero-order valence-corrected chi connectivity index (χ0v) is 10.9. The number of hydrogen-bond acceptors (Lipinski definition) is 3. The average molecular weight is 221 g/mol. The molecule has 0 aliphatic rings. The summed E-state index contributed by atoms with van der Waals surface area (Å²) in [4.78, 5) is 0. The van der Waals surface area contributed by atoms with Crippen LogP contribution in [0.4, 0.5) is 0 Å². The van der Waals surface area contributed by atoms with E-state index in [4.69, 9.17) is 0 Å². The molecule has 0 spiro atoms. The normalized spacial score (nSPS) is 15.7. The summed E-state index contributed by atoms with van der Waals surface area (Å²) in [6.07, 6.45) is 2.54. The summed E-state index contributed by atoms with van der Waals surface area (Å²) in [6.45, 7) is 8.97. The monoisotopic (exact) mass is 221 g/mol. The first-order valence-electron chi connectivity index (χ1n) is 5.20. The van der Waals surface area contributed by atoms with E-state index in [9.17, 15) is 0 Å². The van der Waals surface area contributed by atoms with Crippen molar-refractivity contribution >= 4 is 23.5 Å². The Morgan fingerprint density at radius 2 is 1.31 bits per heavy atom. The molecule has 0 bridgehead atoms. The molecule has 0 radical (unpaired) electrons. The van der Waals surface area contributed by atoms with E-state index in [1.165, 1.54) is 24.3 Å². The second-order valence-corrected chi connectivity index (χ2v) is 6.09. The zero-order valence-electron chi connectivity index (χ0n) is 9.30. The molecule has 13 heavy (non-hydrogen) atoms. The summed E-state index contributed by atoms with van der Waals surface area (Å²) in [5.74, 6) is 2.53. The van der Waals surface area contributed by atoms with Crippen LogP contribution in [0.3, 0.4) is 0 Å². The van der Waals surface area contributed by atoms with Gasteiger partial charge in [-0.25, -0.2) is 0 Å². The van der Waals surface area contributed by atoms with Gasteiger partial charge in [0, 0.05) is 0 Å². The van der Waals surface area contributed by atoms with Gasteiger partial charge in [-0.1, -0.05) is 13.8 Å². The molecule has 0 aromatic rings. The van der Waals surface area contributed by atoms with Crippen LogP contribution in [0.5, 0.6) is 0 Å². The molecular weight excluding hydrogens is 198 g/mol. The Balaban J connectivity index is 3.35. The van der Waals surface area contributed by atoms with Crippen molar-refractivity contribution in [1.29, 1.82) is 0 Å². The largest absolute Gasteiger partial charge is 0.294 e. The van der Waals surface area contributed by atoms with Crippen LogP contribution < -0.4 is 5.32 Å². The highest BCUT2D eigenvalue weighted by Crippen LogP contribution is 2.14. The SMILES string of the molecule is CCCSC(C)NC(C)SCCC. The Bertz CT molecular complexity index is 97.1. The van der Waals surface area contributed by atoms with Gasteiger partial charge < -0.3 is 0 Å². The molecule has 2 atom stereocenters. The van der Waals surface area contributed by atoms with Crippen LogP contribution in [0.15, 0.2) is 0 Å². The molecule has 80 valence electrons. The van der Waals surface area contributed by atoms with Crippen molar-refractivity contribution in [3.8, 4) is 0 Å². The van der Waals surface area contributed by atoms with E-state index in [0.29, 0.717) is 10.7 Å². The number of hydrogen-bond donors (Lipinski definition) is 1. The van der Waals surface area contributed by atoms with Crippen molar-refractivity contribution < 1.29 is 0 Å². The molecule has 0 aromatic heterocycles. The van der Waals surface area contributed by atoms with Crippen LogP contribution in [-0.4, -0.2) is 22.3 Å². The van der Waals surface area contributed by atoms with E-state index in [1.54, 1.807) is 0 Å². The first-order valence-corrected chi connectivity index (χ1v) is 7.29. The average Bonchev–Trinajstić information content (AvgIpc) is 2.11. The Labute approximate surface area is 91.8 Å². The van der Waals surface area contributed by atoms with Crippen LogP contribution in [0.25, 0.3) is 0 Å². The number of nitrogens with one attached hydrogen (secondary N) is 1. The van der Waals surface area contributed by atoms with Crippen LogP contribution in [0, 0.1) is 0 Å². The fourth-order valence-electron chi connectivity index (χ4n) is 1.02. The van der Waals surface area contributed by atoms with Gasteiger partial charge in [-0.3, -0.25) is 5.32 Å². The first-order chi connectivity index (χ1) is 6.20. The fraction of sp³-hybridized carbons (Fsp3) is 1.00. The van der Waals surface area contributed by atoms with Gasteiger partial charge in [0.2, 0.25) is 0 Å². The van der Waals surface area contributed by atoms with Crippen molar-refractivity contribution in [1.82, 2.24) is 5.32 Å². The predicted octanol–water partition coefficient (Wildman–Crippen LogP) is 3.55. The van der Waals surface area contributed by atoms with Crippen molar-refractivity contribution in [2.75, 3.05) is 11.5 Å². The predicted molar refractivity (Wildman–Crippen MR) is 67.6 cm³/mol. The van der Waals surface area contributed by atoms with E-state index in [2.05, 4.69) is 33.0 Å². The van der Waals surface area contributed by atoms with Crippen LogP contribution >= 0.6 is 23.5 Å². The van der Waals surface area contributed by atoms with Crippen LogP contribution in [0.2, 0.25) is 0 Å². The van der Waals surface area contributed by atoms with Crippen molar-refractivity contribution in [2.24, 2.45) is 0 Å². The van der Waals surface area contributed by atoms with Crippen molar-refractivity contribution in [3.05, 3.63) is 0 Å². The minimum Gasteiger partial charge on any atom is -0.294 e. The number of rotatable bonds is 8. The molecular formula is C10H23NS2. The molecule has 0 aliphatic carbocycles. The highest BCUT2D eigenvalue weighted by molar-refractivity contribution is 8.00. The van der Waals surface area contributed by atoms with E-state index in [0.717, 1.165) is 0 Å². The first kappa shape index (κ1) is 13.7. The summed E-state index contributed by atoms with van der Waals surface area (Å²) >= 11 is 4.03. The molecule has 0 aliphatic heterocycles. The Morgan fingerprint density at radius 1 is 0.923 bits per heavy atom. The third kappa shape index (κ3) is 8.98. The van der Waals surface area contributed by atoms with Crippen molar-refractivity contribution in [2.45, 2.75) is 51.3 Å². The molecule has 1 N–H and O–H groups in total. The smallest absolute Gasteiger partial charge is 0.0511 e. The Kier molecular flexibility index (Phi) is 9.69. The van der Waals surface area contributed by atoms with Gasteiger partial charge >= 0.3 is 0 Å². The zero-order chi connectivity index (χ0) is 10.1. The number of thioether (sulfide) groups is 2.